The third kappa shape index (κ3) is 4.16. The number of hydrogen-bond donors (Lipinski definition) is 1. The molecule has 0 aliphatic heterocycles. The first-order valence-electron chi connectivity index (χ1n) is 3.08. The Morgan fingerprint density at radius 1 is 1.10 bits per heavy atom. The van der Waals surface area contributed by atoms with Gasteiger partial charge in [-0.15, -0.1) is 0 Å². The topological polar surface area (TPSA) is 0 Å². The molecule has 0 atom stereocenters. The summed E-state index contributed by atoms with van der Waals surface area (Å²) in [7, 11) is 0. The maximum absolute atomic E-state index is 4.13. The molecule has 0 saturated carbocycles. The summed E-state index contributed by atoms with van der Waals surface area (Å²) in [5.41, 5.74) is 1.37. The molecule has 0 spiro atoms. The van der Waals surface area contributed by atoms with E-state index in [1.165, 1.54) is 5.56 Å². The first-order valence-corrected chi connectivity index (χ1v) is 3.71. The van der Waals surface area contributed by atoms with Crippen molar-refractivity contribution in [2.24, 2.45) is 0 Å². The van der Waals surface area contributed by atoms with Gasteiger partial charge in [0.2, 0.25) is 0 Å². The van der Waals surface area contributed by atoms with Gasteiger partial charge >= 0.3 is 51.4 Å². The second-order valence-corrected chi connectivity index (χ2v) is 2.41. The Morgan fingerprint density at radius 3 is 2.20 bits per heavy atom. The van der Waals surface area contributed by atoms with Gasteiger partial charge in [0.25, 0.3) is 0 Å². The van der Waals surface area contributed by atoms with Crippen molar-refractivity contribution in [2.75, 3.05) is 5.75 Å². The van der Waals surface area contributed by atoms with Crippen molar-refractivity contribution >= 4 is 64.0 Å². The minimum absolute atomic E-state index is 0. The quantitative estimate of drug-likeness (QED) is 0.515. The fraction of sp³-hybridized carbons (Fsp3) is 0.250. The molecule has 0 aromatic heterocycles. The number of thiol groups is 1. The van der Waals surface area contributed by atoms with Crippen molar-refractivity contribution in [2.45, 2.75) is 6.42 Å². The van der Waals surface area contributed by atoms with E-state index >= 15 is 0 Å². The van der Waals surface area contributed by atoms with Crippen LogP contribution in [0.3, 0.4) is 0 Å². The van der Waals surface area contributed by atoms with Gasteiger partial charge in [-0.25, -0.2) is 0 Å². The van der Waals surface area contributed by atoms with Crippen molar-refractivity contribution in [3.63, 3.8) is 0 Å². The van der Waals surface area contributed by atoms with Gasteiger partial charge in [0, 0.05) is 0 Å². The average Bonchev–Trinajstić information content (AvgIpc) is 1.91. The molecular weight excluding hydrogens is 167 g/mol. The molecule has 2 heteroatoms. The van der Waals surface area contributed by atoms with Crippen molar-refractivity contribution < 1.29 is 0 Å². The summed E-state index contributed by atoms with van der Waals surface area (Å²) in [6.07, 6.45) is 1.07. The monoisotopic (exact) mass is 178 g/mol. The number of hydrogen-bond acceptors (Lipinski definition) is 1. The molecule has 0 nitrogen and oxygen atoms in total. The van der Waals surface area contributed by atoms with Gasteiger partial charge in [-0.05, 0) is 17.7 Å². The Labute approximate surface area is 110 Å². The van der Waals surface area contributed by atoms with Gasteiger partial charge in [-0.2, -0.15) is 12.6 Å². The van der Waals surface area contributed by atoms with E-state index in [-0.39, 0.29) is 51.4 Å². The fourth-order valence-electron chi connectivity index (χ4n) is 0.774. The van der Waals surface area contributed by atoms with Crippen molar-refractivity contribution in [3.05, 3.63) is 35.9 Å². The Kier molecular flexibility index (Phi) is 7.72. The Bertz CT molecular complexity index is 162. The molecule has 0 aliphatic rings. The summed E-state index contributed by atoms with van der Waals surface area (Å²) in [6, 6.07) is 10.4. The van der Waals surface area contributed by atoms with Crippen LogP contribution in [0.5, 0.6) is 0 Å². The van der Waals surface area contributed by atoms with Crippen LogP contribution in [0, 0.1) is 0 Å². The first-order chi connectivity index (χ1) is 4.43. The summed E-state index contributed by atoms with van der Waals surface area (Å²) in [6.45, 7) is 0. The third-order valence-corrected chi connectivity index (χ3v) is 1.47. The molecule has 10 heavy (non-hydrogen) atoms. The zero-order valence-electron chi connectivity index (χ0n) is 5.25. The number of aryl methyl sites for hydroxylation is 1. The van der Waals surface area contributed by atoms with Gasteiger partial charge < -0.3 is 0 Å². The van der Waals surface area contributed by atoms with E-state index in [9.17, 15) is 0 Å². The molecular formula is C8H11KS. The molecule has 0 aliphatic carbocycles. The summed E-state index contributed by atoms with van der Waals surface area (Å²) < 4.78 is 0. The Balaban J connectivity index is 0.000000810. The van der Waals surface area contributed by atoms with Gasteiger partial charge in [-0.3, -0.25) is 0 Å². The van der Waals surface area contributed by atoms with Crippen LogP contribution in [0.25, 0.3) is 0 Å². The molecule has 0 bridgehead atoms. The fourth-order valence-corrected chi connectivity index (χ4v) is 1.03. The first kappa shape index (κ1) is 11.2. The summed E-state index contributed by atoms with van der Waals surface area (Å²) >= 11 is 4.13. The van der Waals surface area contributed by atoms with E-state index < -0.39 is 0 Å². The van der Waals surface area contributed by atoms with Gasteiger partial charge in [-0.1, -0.05) is 30.3 Å². The predicted molar refractivity (Wildman–Crippen MR) is 51.1 cm³/mol. The molecule has 1 aromatic rings. The van der Waals surface area contributed by atoms with E-state index in [4.69, 9.17) is 0 Å². The second-order valence-electron chi connectivity index (χ2n) is 1.96. The van der Waals surface area contributed by atoms with Gasteiger partial charge in [0.1, 0.15) is 0 Å². The average molecular weight is 178 g/mol. The van der Waals surface area contributed by atoms with Crippen molar-refractivity contribution in [1.29, 1.82) is 0 Å². The molecule has 0 N–H and O–H groups in total. The van der Waals surface area contributed by atoms with Crippen LogP contribution < -0.4 is 0 Å². The van der Waals surface area contributed by atoms with Crippen LogP contribution in [0.4, 0.5) is 0 Å². The molecule has 1 aromatic carbocycles. The van der Waals surface area contributed by atoms with Crippen molar-refractivity contribution in [3.8, 4) is 0 Å². The van der Waals surface area contributed by atoms with E-state index in [0.29, 0.717) is 0 Å². The zero-order chi connectivity index (χ0) is 6.53. The SMILES string of the molecule is SCCc1ccccc1.[KH]. The molecule has 0 fully saturated rings. The van der Waals surface area contributed by atoms with Crippen LogP contribution in [-0.4, -0.2) is 57.1 Å². The van der Waals surface area contributed by atoms with Gasteiger partial charge in [0.15, 0.2) is 0 Å². The van der Waals surface area contributed by atoms with E-state index in [0.717, 1.165) is 12.2 Å². The standard InChI is InChI=1S/C8H10S.K.H/c9-7-6-8-4-2-1-3-5-8;;/h1-5,9H,6-7H2;;. The van der Waals surface area contributed by atoms with Crippen LogP contribution in [0.2, 0.25) is 0 Å². The minimum atomic E-state index is 0. The summed E-state index contributed by atoms with van der Waals surface area (Å²) in [5, 5.41) is 0. The van der Waals surface area contributed by atoms with Crippen LogP contribution in [0.1, 0.15) is 5.56 Å². The van der Waals surface area contributed by atoms with E-state index in [2.05, 4.69) is 36.9 Å². The third-order valence-electron chi connectivity index (χ3n) is 1.24. The molecule has 50 valence electrons. The summed E-state index contributed by atoms with van der Waals surface area (Å²) in [4.78, 5) is 0. The molecule has 0 unspecified atom stereocenters. The zero-order valence-corrected chi connectivity index (χ0v) is 6.14. The maximum atomic E-state index is 4.13. The predicted octanol–water partition coefficient (Wildman–Crippen LogP) is 1.51. The molecule has 1 rings (SSSR count). The molecule has 0 saturated heterocycles. The molecule has 0 heterocycles. The number of rotatable bonds is 2. The van der Waals surface area contributed by atoms with Gasteiger partial charge in [0.05, 0.1) is 0 Å². The van der Waals surface area contributed by atoms with E-state index in [1.807, 2.05) is 6.07 Å². The molecule has 0 amide bonds. The second kappa shape index (κ2) is 6.89. The van der Waals surface area contributed by atoms with Crippen LogP contribution in [-0.2, 0) is 6.42 Å². The Hall–Kier alpha value is 1.21. The van der Waals surface area contributed by atoms with Crippen molar-refractivity contribution in [1.82, 2.24) is 0 Å². The summed E-state index contributed by atoms with van der Waals surface area (Å²) in [5.74, 6) is 0.935. The Morgan fingerprint density at radius 2 is 1.70 bits per heavy atom. The normalized spacial score (nSPS) is 8.50. The number of benzene rings is 1. The van der Waals surface area contributed by atoms with Crippen LogP contribution >= 0.6 is 12.6 Å². The van der Waals surface area contributed by atoms with Crippen LogP contribution in [0.15, 0.2) is 30.3 Å². The van der Waals surface area contributed by atoms with E-state index in [1.54, 1.807) is 0 Å². The molecule has 0 radical (unpaired) electrons.